The number of ether oxygens (including phenoxy) is 1. The number of hydrogen-bond acceptors (Lipinski definition) is 6. The van der Waals surface area contributed by atoms with Crippen molar-refractivity contribution in [1.29, 1.82) is 0 Å². The highest BCUT2D eigenvalue weighted by molar-refractivity contribution is 5.84. The van der Waals surface area contributed by atoms with E-state index in [4.69, 9.17) is 19.7 Å². The van der Waals surface area contributed by atoms with Crippen LogP contribution in [-0.4, -0.2) is 37.3 Å². The van der Waals surface area contributed by atoms with Crippen molar-refractivity contribution in [2.45, 2.75) is 69.6 Å². The Kier molecular flexibility index (Phi) is 6.40. The van der Waals surface area contributed by atoms with E-state index >= 15 is 0 Å². The first-order valence-electron chi connectivity index (χ1n) is 12.2. The molecular formula is C26H28F3N5O2. The van der Waals surface area contributed by atoms with Gasteiger partial charge in [0.15, 0.2) is 5.65 Å². The van der Waals surface area contributed by atoms with Crippen molar-refractivity contribution >= 4 is 16.7 Å². The number of alkyl halides is 3. The summed E-state index contributed by atoms with van der Waals surface area (Å²) in [7, 11) is 1.69. The lowest BCUT2D eigenvalue weighted by atomic mass is 9.91. The number of allylic oxidation sites excluding steroid dienone is 1. The van der Waals surface area contributed by atoms with Crippen molar-refractivity contribution in [3.63, 3.8) is 0 Å². The maximum absolute atomic E-state index is 12.9. The van der Waals surface area contributed by atoms with Crippen molar-refractivity contribution in [3.8, 4) is 0 Å². The number of nitrogens with zero attached hydrogens (tertiary/aromatic N) is 5. The average molecular weight is 500 g/mol. The summed E-state index contributed by atoms with van der Waals surface area (Å²) in [4.78, 5) is 30.8. The molecule has 2 fully saturated rings. The number of fused-ring (bicyclic) bond motifs is 1. The monoisotopic (exact) mass is 499 g/mol. The number of halogens is 3. The average Bonchev–Trinajstić information content (AvgIpc) is 3.68. The maximum atomic E-state index is 12.9. The number of hydrogen-bond donors (Lipinski definition) is 0. The molecule has 0 amide bonds. The fraction of sp³-hybridized carbons (Fsp3) is 0.500. The van der Waals surface area contributed by atoms with Gasteiger partial charge < -0.3 is 9.30 Å². The Morgan fingerprint density at radius 2 is 1.92 bits per heavy atom. The molecule has 5 rings (SSSR count). The summed E-state index contributed by atoms with van der Waals surface area (Å²) in [6.45, 7) is 6.27. The lowest BCUT2D eigenvalue weighted by molar-refractivity contribution is -0.133. The molecule has 190 valence electrons. The number of rotatable bonds is 6. The molecule has 0 aromatic carbocycles. The van der Waals surface area contributed by atoms with Crippen LogP contribution in [0.3, 0.4) is 0 Å². The molecule has 0 spiro atoms. The SMILES string of the molecule is C=C(CCC(F)(F)F)c1nc(C2CCOC(c3ccc(=O)n(C)c3)C2)nc2nc(C3CC3)c(C)nc12. The summed E-state index contributed by atoms with van der Waals surface area (Å²) >= 11 is 0. The van der Waals surface area contributed by atoms with Crippen LogP contribution in [0.4, 0.5) is 13.2 Å². The van der Waals surface area contributed by atoms with Gasteiger partial charge in [0, 0.05) is 44.2 Å². The van der Waals surface area contributed by atoms with Gasteiger partial charge in [-0.3, -0.25) is 4.79 Å². The Morgan fingerprint density at radius 3 is 2.61 bits per heavy atom. The molecule has 1 aliphatic heterocycles. The van der Waals surface area contributed by atoms with Gasteiger partial charge in [-0.25, -0.2) is 19.9 Å². The molecule has 2 aliphatic rings. The van der Waals surface area contributed by atoms with Gasteiger partial charge in [0.05, 0.1) is 23.2 Å². The summed E-state index contributed by atoms with van der Waals surface area (Å²) < 4.78 is 46.3. The van der Waals surface area contributed by atoms with E-state index in [1.54, 1.807) is 19.3 Å². The molecule has 4 heterocycles. The second-order valence-electron chi connectivity index (χ2n) is 9.78. The Labute approximate surface area is 206 Å². The Hall–Kier alpha value is -3.14. The predicted molar refractivity (Wildman–Crippen MR) is 129 cm³/mol. The fourth-order valence-electron chi connectivity index (χ4n) is 4.71. The minimum atomic E-state index is -4.29. The van der Waals surface area contributed by atoms with E-state index in [-0.39, 0.29) is 29.6 Å². The van der Waals surface area contributed by atoms with E-state index in [2.05, 4.69) is 11.6 Å². The topological polar surface area (TPSA) is 82.8 Å². The number of aromatic nitrogens is 5. The standard InChI is InChI=1S/C26H28F3N5O2/c1-14(8-10-26(27,28)29)21-23-25(32-22(15(2)30-23)16-4-5-16)33-24(31-21)17-9-11-36-19(12-17)18-6-7-20(35)34(3)13-18/h6-7,13,16-17,19H,1,4-5,8-12H2,2-3H3. The molecule has 1 saturated heterocycles. The highest BCUT2D eigenvalue weighted by Crippen LogP contribution is 2.41. The van der Waals surface area contributed by atoms with Crippen LogP contribution in [0.5, 0.6) is 0 Å². The summed E-state index contributed by atoms with van der Waals surface area (Å²) in [5, 5.41) is 0. The zero-order chi connectivity index (χ0) is 25.6. The third-order valence-corrected chi connectivity index (χ3v) is 6.90. The van der Waals surface area contributed by atoms with Crippen molar-refractivity contribution in [2.24, 2.45) is 7.05 Å². The number of pyridine rings is 1. The maximum Gasteiger partial charge on any atom is 0.389 e. The summed E-state index contributed by atoms with van der Waals surface area (Å²) in [5.41, 5.74) is 3.84. The van der Waals surface area contributed by atoms with E-state index < -0.39 is 12.6 Å². The molecule has 0 N–H and O–H groups in total. The minimum absolute atomic E-state index is 0.0907. The Bertz CT molecular complexity index is 1380. The van der Waals surface area contributed by atoms with E-state index in [0.29, 0.717) is 48.0 Å². The predicted octanol–water partition coefficient (Wildman–Crippen LogP) is 5.30. The first kappa shape index (κ1) is 24.5. The van der Waals surface area contributed by atoms with E-state index in [9.17, 15) is 18.0 Å². The zero-order valence-corrected chi connectivity index (χ0v) is 20.3. The third-order valence-electron chi connectivity index (χ3n) is 6.90. The van der Waals surface area contributed by atoms with Crippen LogP contribution >= 0.6 is 0 Å². The van der Waals surface area contributed by atoms with Crippen LogP contribution in [0, 0.1) is 6.92 Å². The summed E-state index contributed by atoms with van der Waals surface area (Å²) in [6, 6.07) is 3.27. The van der Waals surface area contributed by atoms with Gasteiger partial charge in [0.2, 0.25) is 5.56 Å². The molecule has 2 atom stereocenters. The fourth-order valence-corrected chi connectivity index (χ4v) is 4.71. The van der Waals surface area contributed by atoms with E-state index in [1.807, 2.05) is 6.92 Å². The largest absolute Gasteiger partial charge is 0.389 e. The molecule has 0 bridgehead atoms. The Balaban J connectivity index is 1.52. The van der Waals surface area contributed by atoms with Gasteiger partial charge in [-0.2, -0.15) is 13.2 Å². The quantitative estimate of drug-likeness (QED) is 0.458. The minimum Gasteiger partial charge on any atom is -0.373 e. The molecular weight excluding hydrogens is 471 g/mol. The summed E-state index contributed by atoms with van der Waals surface area (Å²) in [5.74, 6) is 0.782. The van der Waals surface area contributed by atoms with Gasteiger partial charge in [0.1, 0.15) is 11.3 Å². The molecule has 3 aromatic rings. The lowest BCUT2D eigenvalue weighted by Gasteiger charge is -2.29. The normalized spacial score (nSPS) is 20.6. The van der Waals surface area contributed by atoms with Crippen LogP contribution in [0.25, 0.3) is 16.7 Å². The first-order chi connectivity index (χ1) is 17.1. The van der Waals surface area contributed by atoms with Crippen LogP contribution in [0.1, 0.15) is 84.9 Å². The molecule has 1 saturated carbocycles. The van der Waals surface area contributed by atoms with Crippen molar-refractivity contribution in [3.05, 3.63) is 63.7 Å². The van der Waals surface area contributed by atoms with Gasteiger partial charge in [0.25, 0.3) is 0 Å². The van der Waals surface area contributed by atoms with Crippen molar-refractivity contribution in [2.75, 3.05) is 6.61 Å². The van der Waals surface area contributed by atoms with Crippen LogP contribution < -0.4 is 5.56 Å². The van der Waals surface area contributed by atoms with Gasteiger partial charge in [-0.15, -0.1) is 0 Å². The zero-order valence-electron chi connectivity index (χ0n) is 20.3. The molecule has 3 aromatic heterocycles. The van der Waals surface area contributed by atoms with Crippen LogP contribution in [0.15, 0.2) is 29.7 Å². The van der Waals surface area contributed by atoms with Gasteiger partial charge in [-0.05, 0) is 56.2 Å². The lowest BCUT2D eigenvalue weighted by Crippen LogP contribution is -2.23. The number of aryl methyl sites for hydroxylation is 2. The van der Waals surface area contributed by atoms with Crippen LogP contribution in [-0.2, 0) is 11.8 Å². The van der Waals surface area contributed by atoms with E-state index in [0.717, 1.165) is 29.8 Å². The summed E-state index contributed by atoms with van der Waals surface area (Å²) in [6.07, 6.45) is -0.700. The molecule has 7 nitrogen and oxygen atoms in total. The Morgan fingerprint density at radius 1 is 1.14 bits per heavy atom. The molecule has 0 radical (unpaired) electrons. The van der Waals surface area contributed by atoms with Gasteiger partial charge >= 0.3 is 6.18 Å². The van der Waals surface area contributed by atoms with E-state index in [1.165, 1.54) is 10.6 Å². The second kappa shape index (κ2) is 9.38. The molecule has 10 heteroatoms. The molecule has 2 unspecified atom stereocenters. The first-order valence-corrected chi connectivity index (χ1v) is 12.2. The van der Waals surface area contributed by atoms with Crippen LogP contribution in [0.2, 0.25) is 0 Å². The second-order valence-corrected chi connectivity index (χ2v) is 9.78. The molecule has 1 aliphatic carbocycles. The van der Waals surface area contributed by atoms with Gasteiger partial charge in [-0.1, -0.05) is 6.58 Å². The van der Waals surface area contributed by atoms with Crippen molar-refractivity contribution in [1.82, 2.24) is 24.5 Å². The molecule has 36 heavy (non-hydrogen) atoms. The van der Waals surface area contributed by atoms with Crippen molar-refractivity contribution < 1.29 is 17.9 Å². The third kappa shape index (κ3) is 5.18. The highest BCUT2D eigenvalue weighted by Gasteiger charge is 2.32. The smallest absolute Gasteiger partial charge is 0.373 e. The highest BCUT2D eigenvalue weighted by atomic mass is 19.4.